The highest BCUT2D eigenvalue weighted by molar-refractivity contribution is 7.99. The molecular formula is C12H18N2O3S2. The molecule has 0 saturated carbocycles. The molecule has 0 aliphatic carbocycles. The number of benzene rings is 1. The van der Waals surface area contributed by atoms with Gasteiger partial charge in [-0.1, -0.05) is 24.3 Å². The number of sulfonamides is 1. The zero-order chi connectivity index (χ0) is 14.3. The number of amides is 1. The number of carbonyl (C=O) groups is 1. The lowest BCUT2D eigenvalue weighted by Crippen LogP contribution is -2.24. The molecule has 1 aromatic carbocycles. The van der Waals surface area contributed by atoms with Crippen molar-refractivity contribution in [3.63, 3.8) is 0 Å². The molecule has 1 amide bonds. The number of thioether (sulfide) groups is 1. The summed E-state index contributed by atoms with van der Waals surface area (Å²) in [6.07, 6.45) is 1.87. The van der Waals surface area contributed by atoms with Crippen LogP contribution in [0.15, 0.2) is 24.3 Å². The minimum Gasteiger partial charge on any atom is -0.351 e. The standard InChI is InChI=1S/C12H18N2O3S2/c1-13-19(16,17)9-11-5-3-10(4-6-11)7-14-12(15)8-18-2/h3-6,13H,7-9H2,1-2H3,(H,14,15). The first-order valence-corrected chi connectivity index (χ1v) is 8.76. The Morgan fingerprint density at radius 1 is 1.21 bits per heavy atom. The highest BCUT2D eigenvalue weighted by Gasteiger charge is 2.08. The second kappa shape index (κ2) is 7.52. The van der Waals surface area contributed by atoms with E-state index in [1.54, 1.807) is 12.1 Å². The van der Waals surface area contributed by atoms with E-state index in [9.17, 15) is 13.2 Å². The van der Waals surface area contributed by atoms with Crippen LogP contribution in [0, 0.1) is 0 Å². The molecule has 0 unspecified atom stereocenters. The quantitative estimate of drug-likeness (QED) is 0.778. The van der Waals surface area contributed by atoms with Gasteiger partial charge in [-0.05, 0) is 24.4 Å². The molecule has 1 rings (SSSR count). The minimum absolute atomic E-state index is 0.00524. The average molecular weight is 302 g/mol. The molecule has 0 atom stereocenters. The Kier molecular flexibility index (Phi) is 6.33. The topological polar surface area (TPSA) is 75.3 Å². The van der Waals surface area contributed by atoms with E-state index >= 15 is 0 Å². The normalized spacial score (nSPS) is 11.3. The molecule has 0 aliphatic rings. The summed E-state index contributed by atoms with van der Waals surface area (Å²) >= 11 is 1.47. The van der Waals surface area contributed by atoms with Crippen molar-refractivity contribution in [2.45, 2.75) is 12.3 Å². The van der Waals surface area contributed by atoms with Crippen molar-refractivity contribution in [1.29, 1.82) is 0 Å². The predicted molar refractivity (Wildman–Crippen MR) is 78.4 cm³/mol. The fourth-order valence-electron chi connectivity index (χ4n) is 1.43. The van der Waals surface area contributed by atoms with Crippen molar-refractivity contribution in [1.82, 2.24) is 10.0 Å². The van der Waals surface area contributed by atoms with Crippen molar-refractivity contribution in [2.75, 3.05) is 19.1 Å². The van der Waals surface area contributed by atoms with E-state index < -0.39 is 10.0 Å². The highest BCUT2D eigenvalue weighted by atomic mass is 32.2. The molecule has 0 fully saturated rings. The molecule has 1 aromatic rings. The zero-order valence-electron chi connectivity index (χ0n) is 11.0. The summed E-state index contributed by atoms with van der Waals surface area (Å²) in [7, 11) is -1.85. The Hall–Kier alpha value is -1.05. The van der Waals surface area contributed by atoms with Gasteiger partial charge in [0.2, 0.25) is 15.9 Å². The Morgan fingerprint density at radius 2 is 1.79 bits per heavy atom. The van der Waals surface area contributed by atoms with E-state index in [0.717, 1.165) is 5.56 Å². The van der Waals surface area contributed by atoms with E-state index in [-0.39, 0.29) is 11.7 Å². The summed E-state index contributed by atoms with van der Waals surface area (Å²) in [4.78, 5) is 11.3. The van der Waals surface area contributed by atoms with Gasteiger partial charge in [0, 0.05) is 6.54 Å². The molecule has 0 saturated heterocycles. The van der Waals surface area contributed by atoms with Gasteiger partial charge >= 0.3 is 0 Å². The van der Waals surface area contributed by atoms with E-state index in [0.29, 0.717) is 17.9 Å². The molecule has 0 spiro atoms. The number of hydrogen-bond donors (Lipinski definition) is 2. The fraction of sp³-hybridized carbons (Fsp3) is 0.417. The van der Waals surface area contributed by atoms with Crippen LogP contribution in [0.3, 0.4) is 0 Å². The second-order valence-corrected chi connectivity index (χ2v) is 6.78. The van der Waals surface area contributed by atoms with Crippen molar-refractivity contribution < 1.29 is 13.2 Å². The minimum atomic E-state index is -3.24. The van der Waals surface area contributed by atoms with Crippen LogP contribution in [0.1, 0.15) is 11.1 Å². The summed E-state index contributed by atoms with van der Waals surface area (Å²) in [6.45, 7) is 0.457. The molecular weight excluding hydrogens is 284 g/mol. The molecule has 0 radical (unpaired) electrons. The first-order chi connectivity index (χ1) is 8.96. The van der Waals surface area contributed by atoms with Gasteiger partial charge in [0.05, 0.1) is 11.5 Å². The van der Waals surface area contributed by atoms with Crippen LogP contribution in [-0.4, -0.2) is 33.4 Å². The highest BCUT2D eigenvalue weighted by Crippen LogP contribution is 2.07. The van der Waals surface area contributed by atoms with Crippen LogP contribution < -0.4 is 10.0 Å². The lowest BCUT2D eigenvalue weighted by molar-refractivity contribution is -0.118. The van der Waals surface area contributed by atoms with Crippen LogP contribution in [0.25, 0.3) is 0 Å². The Labute approximate surface area is 118 Å². The number of hydrogen-bond acceptors (Lipinski definition) is 4. The molecule has 0 heterocycles. The summed E-state index contributed by atoms with van der Waals surface area (Å²) in [5, 5.41) is 2.79. The number of nitrogens with one attached hydrogen (secondary N) is 2. The zero-order valence-corrected chi connectivity index (χ0v) is 12.6. The van der Waals surface area contributed by atoms with Crippen LogP contribution in [0.5, 0.6) is 0 Å². The van der Waals surface area contributed by atoms with E-state index in [1.807, 2.05) is 18.4 Å². The lowest BCUT2D eigenvalue weighted by atomic mass is 10.1. The lowest BCUT2D eigenvalue weighted by Gasteiger charge is -2.06. The van der Waals surface area contributed by atoms with Gasteiger partial charge in [-0.25, -0.2) is 13.1 Å². The second-order valence-electron chi connectivity index (χ2n) is 3.99. The van der Waals surface area contributed by atoms with Crippen molar-refractivity contribution in [3.05, 3.63) is 35.4 Å². The van der Waals surface area contributed by atoms with E-state index in [4.69, 9.17) is 0 Å². The first-order valence-electron chi connectivity index (χ1n) is 5.71. The third-order valence-electron chi connectivity index (χ3n) is 2.46. The largest absolute Gasteiger partial charge is 0.351 e. The SMILES string of the molecule is CNS(=O)(=O)Cc1ccc(CNC(=O)CSC)cc1. The third kappa shape index (κ3) is 6.09. The van der Waals surface area contributed by atoms with Gasteiger partial charge in [0.15, 0.2) is 0 Å². The molecule has 0 aromatic heterocycles. The Morgan fingerprint density at radius 3 is 2.32 bits per heavy atom. The van der Waals surface area contributed by atoms with Crippen molar-refractivity contribution in [2.24, 2.45) is 0 Å². The molecule has 0 aliphatic heterocycles. The summed E-state index contributed by atoms with van der Waals surface area (Å²) in [6, 6.07) is 7.15. The molecule has 7 heteroatoms. The summed E-state index contributed by atoms with van der Waals surface area (Å²) in [5.41, 5.74) is 1.66. The predicted octanol–water partition coefficient (Wildman–Crippen LogP) is 0.715. The summed E-state index contributed by atoms with van der Waals surface area (Å²) in [5.74, 6) is 0.399. The van der Waals surface area contributed by atoms with Gasteiger partial charge < -0.3 is 5.32 Å². The molecule has 19 heavy (non-hydrogen) atoms. The maximum absolute atomic E-state index is 11.4. The average Bonchev–Trinajstić information content (AvgIpc) is 2.38. The van der Waals surface area contributed by atoms with Gasteiger partial charge in [-0.2, -0.15) is 11.8 Å². The Balaban J connectivity index is 2.55. The van der Waals surface area contributed by atoms with Gasteiger partial charge in [-0.3, -0.25) is 4.79 Å². The van der Waals surface area contributed by atoms with Crippen LogP contribution in [0.2, 0.25) is 0 Å². The van der Waals surface area contributed by atoms with E-state index in [2.05, 4.69) is 10.0 Å². The third-order valence-corrected chi connectivity index (χ3v) is 4.34. The van der Waals surface area contributed by atoms with Crippen molar-refractivity contribution >= 4 is 27.7 Å². The smallest absolute Gasteiger partial charge is 0.230 e. The number of carbonyl (C=O) groups excluding carboxylic acids is 1. The molecule has 106 valence electrons. The fourth-order valence-corrected chi connectivity index (χ4v) is 2.57. The maximum Gasteiger partial charge on any atom is 0.230 e. The maximum atomic E-state index is 11.4. The van der Waals surface area contributed by atoms with Gasteiger partial charge in [0.1, 0.15) is 0 Å². The van der Waals surface area contributed by atoms with Gasteiger partial charge in [-0.15, -0.1) is 0 Å². The molecule has 2 N–H and O–H groups in total. The summed E-state index contributed by atoms with van der Waals surface area (Å²) < 4.78 is 25.0. The monoisotopic (exact) mass is 302 g/mol. The molecule has 0 bridgehead atoms. The van der Waals surface area contributed by atoms with Crippen LogP contribution >= 0.6 is 11.8 Å². The van der Waals surface area contributed by atoms with Crippen LogP contribution in [0.4, 0.5) is 0 Å². The van der Waals surface area contributed by atoms with E-state index in [1.165, 1.54) is 18.8 Å². The number of rotatable bonds is 7. The first kappa shape index (κ1) is 16.0. The van der Waals surface area contributed by atoms with Crippen LogP contribution in [-0.2, 0) is 27.1 Å². The van der Waals surface area contributed by atoms with Gasteiger partial charge in [0.25, 0.3) is 0 Å². The molecule has 5 nitrogen and oxygen atoms in total. The van der Waals surface area contributed by atoms with Crippen molar-refractivity contribution in [3.8, 4) is 0 Å². The Bertz CT molecular complexity index is 512.